The van der Waals surface area contributed by atoms with Crippen LogP contribution >= 0.6 is 0 Å². The van der Waals surface area contributed by atoms with Crippen molar-refractivity contribution in [3.05, 3.63) is 35.4 Å². The third kappa shape index (κ3) is 4.60. The predicted molar refractivity (Wildman–Crippen MR) is 98.2 cm³/mol. The molecule has 5 heteroatoms. The van der Waals surface area contributed by atoms with Gasteiger partial charge in [0, 0.05) is 38.1 Å². The Labute approximate surface area is 150 Å². The summed E-state index contributed by atoms with van der Waals surface area (Å²) in [6.07, 6.45) is 2.29. The van der Waals surface area contributed by atoms with Crippen LogP contribution in [0.3, 0.4) is 0 Å². The van der Waals surface area contributed by atoms with Gasteiger partial charge < -0.3 is 15.1 Å². The van der Waals surface area contributed by atoms with Crippen LogP contribution in [0.15, 0.2) is 24.3 Å². The van der Waals surface area contributed by atoms with Crippen molar-refractivity contribution in [3.8, 4) is 0 Å². The normalized spacial score (nSPS) is 24.2. The molecule has 2 saturated heterocycles. The number of aryl methyl sites for hydroxylation is 1. The maximum absolute atomic E-state index is 12.7. The van der Waals surface area contributed by atoms with Gasteiger partial charge in [0.25, 0.3) is 0 Å². The topological polar surface area (TPSA) is 52.7 Å². The predicted octanol–water partition coefficient (Wildman–Crippen LogP) is 1.60. The second kappa shape index (κ2) is 8.00. The van der Waals surface area contributed by atoms with Crippen LogP contribution in [0.5, 0.6) is 0 Å². The Hall–Kier alpha value is -1.88. The molecule has 1 aromatic carbocycles. The van der Waals surface area contributed by atoms with Gasteiger partial charge in [-0.15, -0.1) is 0 Å². The summed E-state index contributed by atoms with van der Waals surface area (Å²) in [5.74, 6) is 0.580. The van der Waals surface area contributed by atoms with Crippen LogP contribution in [0.4, 0.5) is 0 Å². The molecule has 0 spiro atoms. The Morgan fingerprint density at radius 2 is 1.72 bits per heavy atom. The van der Waals surface area contributed by atoms with Gasteiger partial charge in [0.05, 0.1) is 6.42 Å². The Morgan fingerprint density at radius 1 is 1.08 bits per heavy atom. The number of hydrogen-bond donors (Lipinski definition) is 1. The van der Waals surface area contributed by atoms with Crippen LogP contribution in [0.25, 0.3) is 0 Å². The average Bonchev–Trinajstić information content (AvgIpc) is 2.63. The van der Waals surface area contributed by atoms with E-state index in [-0.39, 0.29) is 17.7 Å². The summed E-state index contributed by atoms with van der Waals surface area (Å²) in [6.45, 7) is 7.74. The minimum atomic E-state index is 0.144. The third-order valence-electron chi connectivity index (χ3n) is 5.39. The van der Waals surface area contributed by atoms with Crippen molar-refractivity contribution in [2.24, 2.45) is 5.92 Å². The zero-order valence-electron chi connectivity index (χ0n) is 15.3. The molecule has 0 aromatic heterocycles. The summed E-state index contributed by atoms with van der Waals surface area (Å²) in [5, 5.41) is 3.39. The zero-order chi connectivity index (χ0) is 17.8. The molecular formula is C20H29N3O2. The maximum atomic E-state index is 12.7. The van der Waals surface area contributed by atoms with E-state index in [1.54, 1.807) is 0 Å². The number of nitrogens with zero attached hydrogens (tertiary/aromatic N) is 2. The van der Waals surface area contributed by atoms with E-state index in [0.717, 1.165) is 24.9 Å². The fourth-order valence-corrected chi connectivity index (χ4v) is 3.78. The quantitative estimate of drug-likeness (QED) is 0.907. The first-order valence-electron chi connectivity index (χ1n) is 9.38. The first-order chi connectivity index (χ1) is 12.0. The van der Waals surface area contributed by atoms with Crippen molar-refractivity contribution in [3.63, 3.8) is 0 Å². The molecule has 0 radical (unpaired) electrons. The maximum Gasteiger partial charge on any atom is 0.227 e. The largest absolute Gasteiger partial charge is 0.339 e. The molecular weight excluding hydrogens is 314 g/mol. The smallest absolute Gasteiger partial charge is 0.227 e. The Balaban J connectivity index is 1.48. The molecule has 2 aliphatic heterocycles. The van der Waals surface area contributed by atoms with Crippen molar-refractivity contribution in [2.75, 3.05) is 32.7 Å². The molecule has 136 valence electrons. The van der Waals surface area contributed by atoms with Crippen molar-refractivity contribution in [2.45, 2.75) is 39.2 Å². The summed E-state index contributed by atoms with van der Waals surface area (Å²) < 4.78 is 0. The van der Waals surface area contributed by atoms with Crippen molar-refractivity contribution in [1.82, 2.24) is 15.1 Å². The summed E-state index contributed by atoms with van der Waals surface area (Å²) in [4.78, 5) is 29.0. The van der Waals surface area contributed by atoms with Gasteiger partial charge in [-0.05, 0) is 38.8 Å². The highest BCUT2D eigenvalue weighted by Gasteiger charge is 2.31. The highest BCUT2D eigenvalue weighted by molar-refractivity contribution is 5.81. The van der Waals surface area contributed by atoms with Gasteiger partial charge in [-0.2, -0.15) is 0 Å². The number of carbonyl (C=O) groups is 2. The minimum Gasteiger partial charge on any atom is -0.339 e. The number of nitrogens with one attached hydrogen (secondary N) is 1. The van der Waals surface area contributed by atoms with E-state index in [1.165, 1.54) is 5.56 Å². The molecule has 2 aliphatic rings. The van der Waals surface area contributed by atoms with Gasteiger partial charge in [0.1, 0.15) is 0 Å². The van der Waals surface area contributed by atoms with E-state index in [4.69, 9.17) is 0 Å². The van der Waals surface area contributed by atoms with E-state index < -0.39 is 0 Å². The molecule has 0 bridgehead atoms. The van der Waals surface area contributed by atoms with E-state index in [2.05, 4.69) is 12.2 Å². The Morgan fingerprint density at radius 3 is 2.36 bits per heavy atom. The molecule has 0 saturated carbocycles. The van der Waals surface area contributed by atoms with Crippen molar-refractivity contribution >= 4 is 11.8 Å². The van der Waals surface area contributed by atoms with E-state index >= 15 is 0 Å². The van der Waals surface area contributed by atoms with Gasteiger partial charge in [0.15, 0.2) is 0 Å². The number of amides is 2. The lowest BCUT2D eigenvalue weighted by Crippen LogP contribution is -2.53. The Kier molecular flexibility index (Phi) is 5.74. The molecule has 5 nitrogen and oxygen atoms in total. The molecule has 1 N–H and O–H groups in total. The number of carbonyl (C=O) groups excluding carboxylic acids is 2. The van der Waals surface area contributed by atoms with E-state index in [9.17, 15) is 9.59 Å². The van der Waals surface area contributed by atoms with Gasteiger partial charge in [-0.25, -0.2) is 0 Å². The second-order valence-electron chi connectivity index (χ2n) is 7.44. The number of hydrogen-bond acceptors (Lipinski definition) is 3. The first-order valence-corrected chi connectivity index (χ1v) is 9.38. The van der Waals surface area contributed by atoms with Crippen LogP contribution in [-0.2, 0) is 16.0 Å². The van der Waals surface area contributed by atoms with Crippen LogP contribution in [0.2, 0.25) is 0 Å². The molecule has 2 heterocycles. The number of rotatable bonds is 3. The lowest BCUT2D eigenvalue weighted by Gasteiger charge is -2.38. The van der Waals surface area contributed by atoms with Crippen LogP contribution in [0, 0.1) is 12.8 Å². The lowest BCUT2D eigenvalue weighted by atomic mass is 9.92. The van der Waals surface area contributed by atoms with Crippen LogP contribution < -0.4 is 5.32 Å². The summed E-state index contributed by atoms with van der Waals surface area (Å²) in [5.41, 5.74) is 2.26. The SMILES string of the molecule is Cc1ccc(CC(=O)N2CCN(C(=O)[C@H]3CCN[C@@H](C)C3)CC2)cc1. The van der Waals surface area contributed by atoms with Gasteiger partial charge in [-0.3, -0.25) is 9.59 Å². The molecule has 3 rings (SSSR count). The number of piperidine rings is 1. The summed E-state index contributed by atoms with van der Waals surface area (Å²) in [6, 6.07) is 8.54. The van der Waals surface area contributed by atoms with Gasteiger partial charge in [-0.1, -0.05) is 29.8 Å². The van der Waals surface area contributed by atoms with Gasteiger partial charge >= 0.3 is 0 Å². The monoisotopic (exact) mass is 343 g/mol. The number of piperazine rings is 1. The average molecular weight is 343 g/mol. The highest BCUT2D eigenvalue weighted by Crippen LogP contribution is 2.20. The molecule has 0 unspecified atom stereocenters. The molecule has 2 atom stereocenters. The Bertz CT molecular complexity index is 606. The first kappa shape index (κ1) is 17.9. The van der Waals surface area contributed by atoms with E-state index in [0.29, 0.717) is 38.6 Å². The number of benzene rings is 1. The van der Waals surface area contributed by atoms with Crippen molar-refractivity contribution in [1.29, 1.82) is 0 Å². The van der Waals surface area contributed by atoms with Crippen molar-refractivity contribution < 1.29 is 9.59 Å². The minimum absolute atomic E-state index is 0.144. The molecule has 0 aliphatic carbocycles. The molecule has 25 heavy (non-hydrogen) atoms. The van der Waals surface area contributed by atoms with Gasteiger partial charge in [0.2, 0.25) is 11.8 Å². The zero-order valence-corrected chi connectivity index (χ0v) is 15.3. The third-order valence-corrected chi connectivity index (χ3v) is 5.39. The molecule has 1 aromatic rings. The summed E-state index contributed by atoms with van der Waals surface area (Å²) in [7, 11) is 0. The molecule has 2 amide bonds. The van der Waals surface area contributed by atoms with Crippen LogP contribution in [0.1, 0.15) is 30.9 Å². The molecule has 2 fully saturated rings. The highest BCUT2D eigenvalue weighted by atomic mass is 16.2. The standard InChI is InChI=1S/C20H29N3O2/c1-15-3-5-17(6-4-15)14-19(24)22-9-11-23(12-10-22)20(25)18-7-8-21-16(2)13-18/h3-6,16,18,21H,7-14H2,1-2H3/t16-,18-/m0/s1. The fraction of sp³-hybridized carbons (Fsp3) is 0.600. The summed E-state index contributed by atoms with van der Waals surface area (Å²) >= 11 is 0. The van der Waals surface area contributed by atoms with Crippen LogP contribution in [-0.4, -0.2) is 60.4 Å². The van der Waals surface area contributed by atoms with E-state index in [1.807, 2.05) is 41.0 Å². The fourth-order valence-electron chi connectivity index (χ4n) is 3.78. The lowest BCUT2D eigenvalue weighted by molar-refractivity contribution is -0.142. The second-order valence-corrected chi connectivity index (χ2v) is 7.44.